The molecular formula is C65H47N. The topological polar surface area (TPSA) is 3.24 Å². The molecule has 0 atom stereocenters. The van der Waals surface area contributed by atoms with Crippen molar-refractivity contribution in [1.82, 2.24) is 0 Å². The van der Waals surface area contributed by atoms with Gasteiger partial charge >= 0.3 is 0 Å². The van der Waals surface area contributed by atoms with Crippen LogP contribution in [0.25, 0.3) is 88.3 Å². The lowest BCUT2D eigenvalue weighted by Crippen LogP contribution is -2.16. The van der Waals surface area contributed by atoms with Crippen molar-refractivity contribution in [1.29, 1.82) is 0 Å². The van der Waals surface area contributed by atoms with Gasteiger partial charge in [-0.05, 0) is 130 Å². The fraction of sp³-hybridized carbons (Fsp3) is 0.0462. The second-order valence-corrected chi connectivity index (χ2v) is 18.0. The summed E-state index contributed by atoms with van der Waals surface area (Å²) in [4.78, 5) is 2.48. The summed E-state index contributed by atoms with van der Waals surface area (Å²) < 4.78 is 0. The van der Waals surface area contributed by atoms with E-state index in [0.717, 1.165) is 17.1 Å². The van der Waals surface area contributed by atoms with Crippen molar-refractivity contribution in [2.45, 2.75) is 19.3 Å². The molecule has 0 aliphatic heterocycles. The third-order valence-corrected chi connectivity index (χ3v) is 13.8. The van der Waals surface area contributed by atoms with E-state index in [0.29, 0.717) is 0 Å². The van der Waals surface area contributed by atoms with E-state index in [2.05, 4.69) is 267 Å². The van der Waals surface area contributed by atoms with Gasteiger partial charge in [-0.15, -0.1) is 0 Å². The number of hydrogen-bond donors (Lipinski definition) is 0. The van der Waals surface area contributed by atoms with Crippen LogP contribution in [-0.4, -0.2) is 0 Å². The first-order valence-corrected chi connectivity index (χ1v) is 23.0. The Morgan fingerprint density at radius 1 is 0.303 bits per heavy atom. The number of hydrogen-bond acceptors (Lipinski definition) is 1. The first kappa shape index (κ1) is 39.3. The number of benzene rings is 11. The summed E-state index contributed by atoms with van der Waals surface area (Å²) in [5.74, 6) is 0. The molecule has 0 saturated heterocycles. The van der Waals surface area contributed by atoms with Gasteiger partial charge < -0.3 is 4.90 Å². The zero-order chi connectivity index (χ0) is 44.2. The molecule has 0 unspecified atom stereocenters. The Kier molecular flexibility index (Phi) is 9.58. The summed E-state index contributed by atoms with van der Waals surface area (Å²) in [5.41, 5.74) is 20.5. The third kappa shape index (κ3) is 6.63. The van der Waals surface area contributed by atoms with Gasteiger partial charge in [0.15, 0.2) is 0 Å². The van der Waals surface area contributed by atoms with Crippen molar-refractivity contribution in [2.75, 3.05) is 4.90 Å². The second-order valence-electron chi connectivity index (χ2n) is 18.0. The van der Waals surface area contributed by atoms with E-state index >= 15 is 0 Å². The quantitative estimate of drug-likeness (QED) is 0.138. The molecule has 0 aromatic heterocycles. The van der Waals surface area contributed by atoms with Crippen LogP contribution in [0.4, 0.5) is 17.1 Å². The molecule has 1 nitrogen and oxygen atoms in total. The summed E-state index contributed by atoms with van der Waals surface area (Å²) >= 11 is 0. The van der Waals surface area contributed by atoms with Crippen molar-refractivity contribution >= 4 is 38.6 Å². The Morgan fingerprint density at radius 3 is 1.67 bits per heavy atom. The Labute approximate surface area is 387 Å². The van der Waals surface area contributed by atoms with Crippen LogP contribution >= 0.6 is 0 Å². The molecule has 0 N–H and O–H groups in total. The molecule has 12 rings (SSSR count). The average molecular weight is 842 g/mol. The van der Waals surface area contributed by atoms with E-state index in [4.69, 9.17) is 0 Å². The summed E-state index contributed by atoms with van der Waals surface area (Å²) in [5, 5.41) is 5.06. The highest BCUT2D eigenvalue weighted by atomic mass is 15.1. The Hall–Kier alpha value is -8.26. The third-order valence-electron chi connectivity index (χ3n) is 13.8. The lowest BCUT2D eigenvalue weighted by molar-refractivity contribution is 0.662. The lowest BCUT2D eigenvalue weighted by atomic mass is 9.79. The van der Waals surface area contributed by atoms with Gasteiger partial charge in [-0.3, -0.25) is 0 Å². The molecule has 0 bridgehead atoms. The highest BCUT2D eigenvalue weighted by Gasteiger charge is 2.37. The van der Waals surface area contributed by atoms with Crippen LogP contribution in [0, 0.1) is 0 Å². The number of rotatable bonds is 8. The summed E-state index contributed by atoms with van der Waals surface area (Å²) in [6.07, 6.45) is 0. The maximum absolute atomic E-state index is 2.48. The Balaban J connectivity index is 1.07. The SMILES string of the molecule is CC1(C)c2ccccc2-c2cccc(-c3cccc(N(c4ccc(-c5ccc6c(ccc7ccccc76)c5)cc4)c4cccc(-c5ccccc5)c4-c4ccccc4-c4ccccc4)c3)c21. The highest BCUT2D eigenvalue weighted by molar-refractivity contribution is 6.08. The van der Waals surface area contributed by atoms with E-state index in [9.17, 15) is 0 Å². The fourth-order valence-corrected chi connectivity index (χ4v) is 10.8. The normalized spacial score (nSPS) is 12.5. The largest absolute Gasteiger partial charge is 0.310 e. The molecule has 0 saturated carbocycles. The fourth-order valence-electron chi connectivity index (χ4n) is 10.8. The number of nitrogens with zero attached hydrogens (tertiary/aromatic N) is 1. The minimum atomic E-state index is -0.151. The molecule has 0 amide bonds. The van der Waals surface area contributed by atoms with Crippen molar-refractivity contribution in [3.63, 3.8) is 0 Å². The molecule has 1 heteroatoms. The zero-order valence-corrected chi connectivity index (χ0v) is 37.1. The van der Waals surface area contributed by atoms with E-state index in [-0.39, 0.29) is 5.41 Å². The van der Waals surface area contributed by atoms with Crippen LogP contribution in [0.2, 0.25) is 0 Å². The molecular weight excluding hydrogens is 795 g/mol. The summed E-state index contributed by atoms with van der Waals surface area (Å²) in [6.45, 7) is 4.75. The van der Waals surface area contributed by atoms with Crippen LogP contribution < -0.4 is 4.90 Å². The number of anilines is 3. The average Bonchev–Trinajstić information content (AvgIpc) is 3.62. The van der Waals surface area contributed by atoms with Gasteiger partial charge in [0.2, 0.25) is 0 Å². The molecule has 11 aromatic carbocycles. The maximum atomic E-state index is 2.48. The van der Waals surface area contributed by atoms with Crippen LogP contribution in [0.15, 0.2) is 249 Å². The van der Waals surface area contributed by atoms with Gasteiger partial charge in [0.25, 0.3) is 0 Å². The summed E-state index contributed by atoms with van der Waals surface area (Å²) in [6, 6.07) is 91.5. The molecule has 0 heterocycles. The van der Waals surface area contributed by atoms with Gasteiger partial charge in [-0.25, -0.2) is 0 Å². The van der Waals surface area contributed by atoms with E-state index in [1.165, 1.54) is 99.4 Å². The molecule has 0 radical (unpaired) electrons. The van der Waals surface area contributed by atoms with Gasteiger partial charge in [-0.1, -0.05) is 226 Å². The minimum absolute atomic E-state index is 0.151. The molecule has 0 fully saturated rings. The van der Waals surface area contributed by atoms with Crippen molar-refractivity contribution < 1.29 is 0 Å². The van der Waals surface area contributed by atoms with Crippen molar-refractivity contribution in [3.8, 4) is 66.8 Å². The van der Waals surface area contributed by atoms with Gasteiger partial charge in [0, 0.05) is 22.4 Å². The van der Waals surface area contributed by atoms with Crippen molar-refractivity contribution in [2.24, 2.45) is 0 Å². The maximum Gasteiger partial charge on any atom is 0.0546 e. The van der Waals surface area contributed by atoms with Gasteiger partial charge in [-0.2, -0.15) is 0 Å². The standard InChI is InChI=1S/C65H47N/c1-65(2)61-32-14-13-27-58(61)60-31-16-30-57(64(60)65)49-23-15-24-52(43-49)66(51-39-36-44(37-40-51)48-38-41-55-50(42-48)35-34-47-22-9-10-25-53(47)55)62-33-17-29-56(46-20-7-4-8-21-46)63(62)59-28-12-11-26-54(59)45-18-5-3-6-19-45/h3-43H,1-2H3. The van der Waals surface area contributed by atoms with Crippen LogP contribution in [-0.2, 0) is 5.41 Å². The first-order chi connectivity index (χ1) is 32.5. The Bertz CT molecular complexity index is 3600. The minimum Gasteiger partial charge on any atom is -0.310 e. The van der Waals surface area contributed by atoms with E-state index in [1.54, 1.807) is 0 Å². The van der Waals surface area contributed by atoms with Crippen LogP contribution in [0.1, 0.15) is 25.0 Å². The lowest BCUT2D eigenvalue weighted by Gasteiger charge is -2.31. The smallest absolute Gasteiger partial charge is 0.0546 e. The molecule has 66 heavy (non-hydrogen) atoms. The van der Waals surface area contributed by atoms with Gasteiger partial charge in [0.05, 0.1) is 5.69 Å². The van der Waals surface area contributed by atoms with Crippen molar-refractivity contribution in [3.05, 3.63) is 260 Å². The molecule has 1 aliphatic rings. The van der Waals surface area contributed by atoms with Crippen LogP contribution in [0.3, 0.4) is 0 Å². The predicted octanol–water partition coefficient (Wildman–Crippen LogP) is 18.1. The number of fused-ring (bicyclic) bond motifs is 6. The first-order valence-electron chi connectivity index (χ1n) is 23.0. The van der Waals surface area contributed by atoms with E-state index < -0.39 is 0 Å². The molecule has 0 spiro atoms. The highest BCUT2D eigenvalue weighted by Crippen LogP contribution is 2.53. The Morgan fingerprint density at radius 2 is 0.864 bits per heavy atom. The zero-order valence-electron chi connectivity index (χ0n) is 37.1. The summed E-state index contributed by atoms with van der Waals surface area (Å²) in [7, 11) is 0. The second kappa shape index (κ2) is 16.1. The molecule has 1 aliphatic carbocycles. The molecule has 312 valence electrons. The van der Waals surface area contributed by atoms with E-state index in [1.807, 2.05) is 0 Å². The van der Waals surface area contributed by atoms with Gasteiger partial charge in [0.1, 0.15) is 0 Å². The monoisotopic (exact) mass is 841 g/mol. The molecule has 11 aromatic rings. The van der Waals surface area contributed by atoms with Crippen LogP contribution in [0.5, 0.6) is 0 Å². The predicted molar refractivity (Wildman–Crippen MR) is 281 cm³/mol.